The lowest BCUT2D eigenvalue weighted by molar-refractivity contribution is -0.120. The van der Waals surface area contributed by atoms with Crippen molar-refractivity contribution in [2.24, 2.45) is 5.92 Å². The summed E-state index contributed by atoms with van der Waals surface area (Å²) < 4.78 is 38.3. The van der Waals surface area contributed by atoms with Crippen LogP contribution in [0.1, 0.15) is 19.8 Å². The molecule has 0 aromatic heterocycles. The number of hydrogen-bond acceptors (Lipinski definition) is 7. The summed E-state index contributed by atoms with van der Waals surface area (Å²) in [5, 5.41) is 0. The maximum absolute atomic E-state index is 12.4. The fourth-order valence-corrected chi connectivity index (χ4v) is 4.16. The first-order valence-corrected chi connectivity index (χ1v) is 11.0. The van der Waals surface area contributed by atoms with Crippen LogP contribution in [0.3, 0.4) is 0 Å². The topological polar surface area (TPSA) is 102 Å². The van der Waals surface area contributed by atoms with Gasteiger partial charge in [-0.15, -0.1) is 0 Å². The lowest BCUT2D eigenvalue weighted by Gasteiger charge is -2.34. The number of cyclic esters (lactones) is 1. The average Bonchev–Trinajstić information content (AvgIpc) is 2.95. The van der Waals surface area contributed by atoms with Crippen molar-refractivity contribution in [1.82, 2.24) is 0 Å². The zero-order chi connectivity index (χ0) is 20.1. The molecule has 3 atom stereocenters. The molecule has 2 saturated heterocycles. The van der Waals surface area contributed by atoms with Gasteiger partial charge in [-0.05, 0) is 24.5 Å². The van der Waals surface area contributed by atoms with Crippen LogP contribution in [0.2, 0.25) is 0 Å². The lowest BCUT2D eigenvalue weighted by atomic mass is 9.98. The molecule has 0 N–H and O–H groups in total. The molecule has 2 fully saturated rings. The van der Waals surface area contributed by atoms with E-state index in [0.717, 1.165) is 18.4 Å². The number of piperidine rings is 1. The van der Waals surface area contributed by atoms with Crippen molar-refractivity contribution in [2.75, 3.05) is 35.8 Å². The third-order valence-electron chi connectivity index (χ3n) is 5.25. The van der Waals surface area contributed by atoms with Gasteiger partial charge in [0.15, 0.2) is 6.10 Å². The van der Waals surface area contributed by atoms with Crippen LogP contribution in [0.5, 0.6) is 5.75 Å². The molecule has 0 spiro atoms. The highest BCUT2D eigenvalue weighted by molar-refractivity contribution is 7.85. The number of fused-ring (bicyclic) bond motifs is 3. The Morgan fingerprint density at radius 1 is 1.29 bits per heavy atom. The van der Waals surface area contributed by atoms with Gasteiger partial charge in [0.1, 0.15) is 25.0 Å². The van der Waals surface area contributed by atoms with E-state index in [2.05, 4.69) is 6.92 Å². The van der Waals surface area contributed by atoms with E-state index in [4.69, 9.17) is 13.7 Å². The minimum Gasteiger partial charge on any atom is -0.489 e. The summed E-state index contributed by atoms with van der Waals surface area (Å²) in [7, 11) is -3.64. The van der Waals surface area contributed by atoms with Crippen molar-refractivity contribution in [3.8, 4) is 5.75 Å². The number of anilines is 2. The Morgan fingerprint density at radius 2 is 2.07 bits per heavy atom. The number of carbonyl (C=O) groups excluding carboxylic acids is 2. The Labute approximate surface area is 163 Å². The molecule has 0 unspecified atom stereocenters. The molecule has 3 aliphatic heterocycles. The van der Waals surface area contributed by atoms with Crippen LogP contribution >= 0.6 is 0 Å². The van der Waals surface area contributed by atoms with E-state index >= 15 is 0 Å². The zero-order valence-electron chi connectivity index (χ0n) is 15.7. The molecule has 152 valence electrons. The van der Waals surface area contributed by atoms with Crippen LogP contribution in [0.15, 0.2) is 18.2 Å². The highest BCUT2D eigenvalue weighted by Crippen LogP contribution is 2.41. The number of benzene rings is 1. The Balaban J connectivity index is 1.55. The van der Waals surface area contributed by atoms with E-state index in [0.29, 0.717) is 30.3 Å². The largest absolute Gasteiger partial charge is 0.489 e. The Bertz CT molecular complexity index is 917. The summed E-state index contributed by atoms with van der Waals surface area (Å²) in [6, 6.07) is 4.78. The summed E-state index contributed by atoms with van der Waals surface area (Å²) in [4.78, 5) is 27.9. The summed E-state index contributed by atoms with van der Waals surface area (Å²) >= 11 is 0. The molecule has 3 heterocycles. The van der Waals surface area contributed by atoms with E-state index in [1.54, 1.807) is 23.1 Å². The maximum atomic E-state index is 12.4. The van der Waals surface area contributed by atoms with Gasteiger partial charge in [0.25, 0.3) is 10.1 Å². The van der Waals surface area contributed by atoms with E-state index in [-0.39, 0.29) is 19.1 Å². The second-order valence-electron chi connectivity index (χ2n) is 7.45. The molecule has 10 heteroatoms. The van der Waals surface area contributed by atoms with Gasteiger partial charge in [-0.2, -0.15) is 8.42 Å². The van der Waals surface area contributed by atoms with Crippen molar-refractivity contribution < 1.29 is 31.7 Å². The minimum atomic E-state index is -3.64. The Hall–Kier alpha value is -2.33. The van der Waals surface area contributed by atoms with Crippen molar-refractivity contribution >= 4 is 33.5 Å². The average molecular weight is 410 g/mol. The summed E-state index contributed by atoms with van der Waals surface area (Å²) in [6.45, 7) is 2.60. The number of ether oxygens (including phenoxy) is 2. The second kappa shape index (κ2) is 6.93. The molecule has 0 aliphatic carbocycles. The van der Waals surface area contributed by atoms with Gasteiger partial charge in [0, 0.05) is 24.7 Å². The van der Waals surface area contributed by atoms with Gasteiger partial charge in [-0.1, -0.05) is 6.92 Å². The molecule has 28 heavy (non-hydrogen) atoms. The molecule has 0 bridgehead atoms. The summed E-state index contributed by atoms with van der Waals surface area (Å²) in [6.07, 6.45) is 1.07. The van der Waals surface area contributed by atoms with Crippen LogP contribution in [0.25, 0.3) is 0 Å². The maximum Gasteiger partial charge on any atom is 0.415 e. The van der Waals surface area contributed by atoms with Gasteiger partial charge in [-0.25, -0.2) is 4.79 Å². The van der Waals surface area contributed by atoms with Crippen molar-refractivity contribution in [3.63, 3.8) is 0 Å². The highest BCUT2D eigenvalue weighted by Gasteiger charge is 2.47. The molecule has 1 aromatic rings. The SMILES string of the molecule is C[C@@H]1CCN(c2ccc3c(c2)OC[C@H]2[C@H](COS(C)(=O)=O)OC(=O)N32)C(=O)C1. The molecule has 4 rings (SSSR count). The standard InChI is InChI=1S/C18H22N2O7S/c1-11-5-6-19(17(21)7-11)12-3-4-13-15(8-12)25-9-14-16(10-26-28(2,23)24)27-18(22)20(13)14/h3-4,8,11,14,16H,5-7,9-10H2,1-2H3/t11-,14+,16+/m1/s1. The van der Waals surface area contributed by atoms with Crippen LogP contribution in [0, 0.1) is 5.92 Å². The van der Waals surface area contributed by atoms with Gasteiger partial charge in [-0.3, -0.25) is 13.9 Å². The molecular formula is C18H22N2O7S. The fraction of sp³-hybridized carbons (Fsp3) is 0.556. The zero-order valence-corrected chi connectivity index (χ0v) is 16.5. The van der Waals surface area contributed by atoms with Crippen LogP contribution in [-0.4, -0.2) is 58.6 Å². The summed E-state index contributed by atoms with van der Waals surface area (Å²) in [5.41, 5.74) is 1.27. The van der Waals surface area contributed by atoms with Crippen molar-refractivity contribution in [1.29, 1.82) is 0 Å². The third kappa shape index (κ3) is 3.53. The van der Waals surface area contributed by atoms with Gasteiger partial charge < -0.3 is 14.4 Å². The number of hydrogen-bond donors (Lipinski definition) is 0. The highest BCUT2D eigenvalue weighted by atomic mass is 32.2. The normalized spacial score (nSPS) is 27.1. The Morgan fingerprint density at radius 3 is 2.79 bits per heavy atom. The fourth-order valence-electron chi connectivity index (χ4n) is 3.78. The van der Waals surface area contributed by atoms with E-state index in [1.807, 2.05) is 0 Å². The molecule has 0 radical (unpaired) electrons. The minimum absolute atomic E-state index is 0.0750. The molecule has 1 aromatic carbocycles. The predicted octanol–water partition coefficient (Wildman–Crippen LogP) is 1.51. The molecule has 0 saturated carbocycles. The number of carbonyl (C=O) groups is 2. The summed E-state index contributed by atoms with van der Waals surface area (Å²) in [5.74, 6) is 0.941. The first kappa shape index (κ1) is 19.0. The van der Waals surface area contributed by atoms with Crippen LogP contribution in [-0.2, 0) is 23.8 Å². The van der Waals surface area contributed by atoms with E-state index in [9.17, 15) is 18.0 Å². The Kier molecular flexibility index (Phi) is 4.70. The number of rotatable bonds is 4. The smallest absolute Gasteiger partial charge is 0.415 e. The molecule has 9 nitrogen and oxygen atoms in total. The first-order chi connectivity index (χ1) is 13.2. The third-order valence-corrected chi connectivity index (χ3v) is 5.81. The van der Waals surface area contributed by atoms with Gasteiger partial charge in [0.2, 0.25) is 5.91 Å². The van der Waals surface area contributed by atoms with Gasteiger partial charge in [0.05, 0.1) is 11.9 Å². The predicted molar refractivity (Wildman–Crippen MR) is 100 cm³/mol. The quantitative estimate of drug-likeness (QED) is 0.693. The van der Waals surface area contributed by atoms with Crippen molar-refractivity contribution in [2.45, 2.75) is 31.9 Å². The van der Waals surface area contributed by atoms with E-state index in [1.165, 1.54) is 4.90 Å². The van der Waals surface area contributed by atoms with Crippen molar-refractivity contribution in [3.05, 3.63) is 18.2 Å². The van der Waals surface area contributed by atoms with Gasteiger partial charge >= 0.3 is 6.09 Å². The molecular weight excluding hydrogens is 388 g/mol. The second-order valence-corrected chi connectivity index (χ2v) is 9.10. The monoisotopic (exact) mass is 410 g/mol. The molecule has 3 aliphatic rings. The molecule has 2 amide bonds. The first-order valence-electron chi connectivity index (χ1n) is 9.14. The number of nitrogens with zero attached hydrogens (tertiary/aromatic N) is 2. The van der Waals surface area contributed by atoms with Crippen LogP contribution < -0.4 is 14.5 Å². The lowest BCUT2D eigenvalue weighted by Crippen LogP contribution is -2.46. The number of amides is 2. The van der Waals surface area contributed by atoms with Crippen LogP contribution in [0.4, 0.5) is 16.2 Å². The van der Waals surface area contributed by atoms with E-state index < -0.39 is 28.4 Å².